The lowest BCUT2D eigenvalue weighted by atomic mass is 10.1. The van der Waals surface area contributed by atoms with E-state index < -0.39 is 0 Å². The van der Waals surface area contributed by atoms with E-state index in [2.05, 4.69) is 17.9 Å². The molecule has 2 amide bonds. The van der Waals surface area contributed by atoms with E-state index in [4.69, 9.17) is 14.2 Å². The van der Waals surface area contributed by atoms with Crippen molar-refractivity contribution in [2.45, 2.75) is 33.9 Å². The normalized spacial score (nSPS) is 15.4. The molecule has 0 unspecified atom stereocenters. The molecule has 190 valence electrons. The zero-order valence-corrected chi connectivity index (χ0v) is 21.6. The first kappa shape index (κ1) is 25.5. The summed E-state index contributed by atoms with van der Waals surface area (Å²) in [5, 5.41) is 2.05. The Morgan fingerprint density at radius 2 is 1.83 bits per heavy atom. The molecule has 3 heterocycles. The molecule has 0 bridgehead atoms. The molecular weight excluding hydrogens is 466 g/mol. The van der Waals surface area contributed by atoms with Crippen LogP contribution in [-0.2, 0) is 27.4 Å². The largest absolute Gasteiger partial charge is 0.454 e. The lowest BCUT2D eigenvalue weighted by Gasteiger charge is -2.32. The number of amides is 2. The third-order valence-electron chi connectivity index (χ3n) is 6.39. The number of aryl methyl sites for hydroxylation is 1. The van der Waals surface area contributed by atoms with Crippen LogP contribution in [0.5, 0.6) is 11.5 Å². The summed E-state index contributed by atoms with van der Waals surface area (Å²) in [6.45, 7) is 11.4. The maximum atomic E-state index is 13.7. The summed E-state index contributed by atoms with van der Waals surface area (Å²) < 4.78 is 16.4. The summed E-state index contributed by atoms with van der Waals surface area (Å²) in [6, 6.07) is 7.84. The highest BCUT2D eigenvalue weighted by molar-refractivity contribution is 7.10. The molecule has 1 fully saturated rings. The molecule has 2 aromatic rings. The number of hydrogen-bond acceptors (Lipinski definition) is 7. The minimum Gasteiger partial charge on any atom is -0.454 e. The van der Waals surface area contributed by atoms with Gasteiger partial charge in [0.2, 0.25) is 18.6 Å². The first-order valence-electron chi connectivity index (χ1n) is 12.2. The van der Waals surface area contributed by atoms with Crippen LogP contribution in [0.1, 0.15) is 29.9 Å². The second-order valence-corrected chi connectivity index (χ2v) is 10.3. The van der Waals surface area contributed by atoms with Crippen LogP contribution in [0.15, 0.2) is 29.6 Å². The number of carbonyl (C=O) groups excluding carboxylic acids is 2. The van der Waals surface area contributed by atoms with Crippen molar-refractivity contribution >= 4 is 23.2 Å². The minimum absolute atomic E-state index is 0.00180. The molecular formula is C26H35N3O5S. The van der Waals surface area contributed by atoms with Crippen LogP contribution >= 0.6 is 11.3 Å². The van der Waals surface area contributed by atoms with Crippen molar-refractivity contribution in [3.8, 4) is 11.5 Å². The van der Waals surface area contributed by atoms with Crippen LogP contribution in [0, 0.1) is 12.8 Å². The van der Waals surface area contributed by atoms with Gasteiger partial charge < -0.3 is 24.0 Å². The average molecular weight is 502 g/mol. The van der Waals surface area contributed by atoms with Gasteiger partial charge in [0.25, 0.3) is 0 Å². The molecule has 0 radical (unpaired) electrons. The number of morpholine rings is 1. The number of ether oxygens (including phenoxy) is 3. The summed E-state index contributed by atoms with van der Waals surface area (Å²) in [7, 11) is 0. The molecule has 1 aromatic heterocycles. The van der Waals surface area contributed by atoms with Gasteiger partial charge in [-0.3, -0.25) is 14.5 Å². The Labute approximate surface area is 211 Å². The number of fused-ring (bicyclic) bond motifs is 1. The van der Waals surface area contributed by atoms with Crippen LogP contribution in [0.25, 0.3) is 0 Å². The highest BCUT2D eigenvalue weighted by Gasteiger charge is 2.25. The van der Waals surface area contributed by atoms with E-state index in [0.29, 0.717) is 38.6 Å². The zero-order chi connectivity index (χ0) is 24.8. The molecule has 0 saturated carbocycles. The van der Waals surface area contributed by atoms with Crippen molar-refractivity contribution in [3.05, 3.63) is 45.6 Å². The second-order valence-electron chi connectivity index (χ2n) is 9.33. The number of carbonyl (C=O) groups is 2. The minimum atomic E-state index is -0.172. The number of benzene rings is 1. The van der Waals surface area contributed by atoms with E-state index >= 15 is 0 Å². The van der Waals surface area contributed by atoms with Gasteiger partial charge in [-0.2, -0.15) is 0 Å². The molecule has 0 N–H and O–H groups in total. The molecule has 35 heavy (non-hydrogen) atoms. The molecule has 2 aliphatic heterocycles. The van der Waals surface area contributed by atoms with E-state index in [0.717, 1.165) is 35.8 Å². The van der Waals surface area contributed by atoms with Crippen molar-refractivity contribution < 1.29 is 23.8 Å². The summed E-state index contributed by atoms with van der Waals surface area (Å²) >= 11 is 1.65. The number of thiophene rings is 1. The first-order chi connectivity index (χ1) is 16.9. The topological polar surface area (TPSA) is 71.6 Å². The van der Waals surface area contributed by atoms with Gasteiger partial charge in [0.15, 0.2) is 11.5 Å². The number of nitrogens with zero attached hydrogens (tertiary/aromatic N) is 3. The molecule has 0 spiro atoms. The standard InChI is InChI=1S/C26H35N3O5S/c1-19(2)26(31)28(8-7-27-9-11-32-12-10-27)17-25(30)29(16-24-20(3)6-13-35-24)15-21-4-5-22-23(14-21)34-18-33-22/h4-6,13-14,19H,7-12,15-18H2,1-3H3. The maximum Gasteiger partial charge on any atom is 0.242 e. The third-order valence-corrected chi connectivity index (χ3v) is 7.40. The highest BCUT2D eigenvalue weighted by atomic mass is 32.1. The fourth-order valence-electron chi connectivity index (χ4n) is 4.21. The van der Waals surface area contributed by atoms with Crippen molar-refractivity contribution in [3.63, 3.8) is 0 Å². The van der Waals surface area contributed by atoms with Crippen LogP contribution in [-0.4, -0.2) is 79.2 Å². The summed E-state index contributed by atoms with van der Waals surface area (Å²) in [6.07, 6.45) is 0. The van der Waals surface area contributed by atoms with Crippen LogP contribution in [0.2, 0.25) is 0 Å². The fourth-order valence-corrected chi connectivity index (χ4v) is 5.13. The van der Waals surface area contributed by atoms with Gasteiger partial charge in [-0.1, -0.05) is 19.9 Å². The predicted molar refractivity (Wildman–Crippen MR) is 135 cm³/mol. The van der Waals surface area contributed by atoms with Crippen LogP contribution in [0.3, 0.4) is 0 Å². The second kappa shape index (κ2) is 11.9. The summed E-state index contributed by atoms with van der Waals surface area (Å²) in [5.41, 5.74) is 2.13. The van der Waals surface area contributed by atoms with Gasteiger partial charge in [-0.05, 0) is 41.6 Å². The first-order valence-corrected chi connectivity index (χ1v) is 13.1. The van der Waals surface area contributed by atoms with Gasteiger partial charge in [0.05, 0.1) is 26.3 Å². The lowest BCUT2D eigenvalue weighted by Crippen LogP contribution is -2.48. The molecule has 0 aliphatic carbocycles. The molecule has 1 saturated heterocycles. The molecule has 2 aliphatic rings. The van der Waals surface area contributed by atoms with Gasteiger partial charge in [-0.25, -0.2) is 0 Å². The molecule has 4 rings (SSSR count). The smallest absolute Gasteiger partial charge is 0.242 e. The Morgan fingerprint density at radius 3 is 2.54 bits per heavy atom. The Hall–Kier alpha value is -2.62. The zero-order valence-electron chi connectivity index (χ0n) is 20.8. The Kier molecular flexibility index (Phi) is 8.64. The van der Waals surface area contributed by atoms with E-state index in [1.807, 2.05) is 42.3 Å². The molecule has 9 heteroatoms. The summed E-state index contributed by atoms with van der Waals surface area (Å²) in [5.74, 6) is 1.18. The Balaban J connectivity index is 1.49. The van der Waals surface area contributed by atoms with Crippen molar-refractivity contribution in [2.75, 3.05) is 52.7 Å². The monoisotopic (exact) mass is 501 g/mol. The van der Waals surface area contributed by atoms with Crippen LogP contribution in [0.4, 0.5) is 0 Å². The van der Waals surface area contributed by atoms with Gasteiger partial charge in [0, 0.05) is 43.5 Å². The van der Waals surface area contributed by atoms with Crippen molar-refractivity contribution in [1.29, 1.82) is 0 Å². The van der Waals surface area contributed by atoms with E-state index in [9.17, 15) is 9.59 Å². The third kappa shape index (κ3) is 6.74. The van der Waals surface area contributed by atoms with Gasteiger partial charge in [-0.15, -0.1) is 11.3 Å². The van der Waals surface area contributed by atoms with Crippen molar-refractivity contribution in [1.82, 2.24) is 14.7 Å². The lowest BCUT2D eigenvalue weighted by molar-refractivity contribution is -0.143. The van der Waals surface area contributed by atoms with E-state index in [1.54, 1.807) is 16.2 Å². The maximum absolute atomic E-state index is 13.7. The Morgan fingerprint density at radius 1 is 1.06 bits per heavy atom. The van der Waals surface area contributed by atoms with E-state index in [-0.39, 0.29) is 31.1 Å². The number of rotatable bonds is 10. The van der Waals surface area contributed by atoms with Crippen LogP contribution < -0.4 is 9.47 Å². The quantitative estimate of drug-likeness (QED) is 0.498. The molecule has 1 aromatic carbocycles. The fraction of sp³-hybridized carbons (Fsp3) is 0.538. The van der Waals surface area contributed by atoms with Gasteiger partial charge in [0.1, 0.15) is 0 Å². The van der Waals surface area contributed by atoms with E-state index in [1.165, 1.54) is 5.56 Å². The SMILES string of the molecule is Cc1ccsc1CN(Cc1ccc2c(c1)OCO2)C(=O)CN(CCN1CCOCC1)C(=O)C(C)C. The number of hydrogen-bond donors (Lipinski definition) is 0. The summed E-state index contributed by atoms with van der Waals surface area (Å²) in [4.78, 5) is 33.7. The van der Waals surface area contributed by atoms with Crippen molar-refractivity contribution in [2.24, 2.45) is 5.92 Å². The predicted octanol–water partition coefficient (Wildman–Crippen LogP) is 3.13. The molecule has 0 atom stereocenters. The Bertz CT molecular complexity index is 1020. The molecule has 8 nitrogen and oxygen atoms in total. The highest BCUT2D eigenvalue weighted by Crippen LogP contribution is 2.33. The average Bonchev–Trinajstić information content (AvgIpc) is 3.49. The van der Waals surface area contributed by atoms with Gasteiger partial charge >= 0.3 is 0 Å².